The predicted octanol–water partition coefficient (Wildman–Crippen LogP) is 5.40. The van der Waals surface area contributed by atoms with Crippen molar-refractivity contribution in [3.63, 3.8) is 0 Å². The van der Waals surface area contributed by atoms with Gasteiger partial charge < -0.3 is 9.84 Å². The molecule has 7 nitrogen and oxygen atoms in total. The minimum absolute atomic E-state index is 0.133. The summed E-state index contributed by atoms with van der Waals surface area (Å²) in [7, 11) is 0. The van der Waals surface area contributed by atoms with Crippen LogP contribution in [0.2, 0.25) is 0 Å². The second-order valence-corrected chi connectivity index (χ2v) is 8.93. The van der Waals surface area contributed by atoms with Gasteiger partial charge in [0.05, 0.1) is 11.6 Å². The number of amides is 1. The summed E-state index contributed by atoms with van der Waals surface area (Å²) in [6, 6.07) is 20.1. The molecule has 174 valence electrons. The van der Waals surface area contributed by atoms with Crippen molar-refractivity contribution < 1.29 is 23.8 Å². The summed E-state index contributed by atoms with van der Waals surface area (Å²) in [5.74, 6) is -1.53. The molecule has 3 aromatic carbocycles. The summed E-state index contributed by atoms with van der Waals surface area (Å²) < 4.78 is 19.4. The third-order valence-electron chi connectivity index (χ3n) is 5.44. The van der Waals surface area contributed by atoms with E-state index in [0.29, 0.717) is 22.1 Å². The van der Waals surface area contributed by atoms with Crippen molar-refractivity contribution in [1.29, 1.82) is 0 Å². The molecule has 1 aromatic heterocycles. The van der Waals surface area contributed by atoms with Crippen LogP contribution in [0.15, 0.2) is 84.4 Å². The second-order valence-electron chi connectivity index (χ2n) is 7.77. The van der Waals surface area contributed by atoms with Gasteiger partial charge in [0.1, 0.15) is 28.1 Å². The molecule has 1 aliphatic rings. The fraction of sp³-hybridized carbons (Fsp3) is 0.0769. The minimum Gasteiger partial charge on any atom is -0.507 e. The SMILES string of the molecule is Cc1nnc(N2C(=O)C(=O)/C(=C(/O)c3ccc(F)cc3)[C@@H]2c2cccc(Oc3ccccc3)c2)s1. The van der Waals surface area contributed by atoms with Gasteiger partial charge in [-0.25, -0.2) is 4.39 Å². The largest absolute Gasteiger partial charge is 0.507 e. The lowest BCUT2D eigenvalue weighted by Crippen LogP contribution is -2.29. The van der Waals surface area contributed by atoms with E-state index in [1.54, 1.807) is 43.3 Å². The first-order chi connectivity index (χ1) is 16.9. The van der Waals surface area contributed by atoms with E-state index in [1.807, 2.05) is 18.2 Å². The average Bonchev–Trinajstić information content (AvgIpc) is 3.40. The van der Waals surface area contributed by atoms with Crippen molar-refractivity contribution in [3.8, 4) is 11.5 Å². The number of aromatic nitrogens is 2. The van der Waals surface area contributed by atoms with Crippen molar-refractivity contribution >= 4 is 33.9 Å². The van der Waals surface area contributed by atoms with Crippen molar-refractivity contribution in [2.75, 3.05) is 4.90 Å². The zero-order valence-electron chi connectivity index (χ0n) is 18.4. The lowest BCUT2D eigenvalue weighted by Gasteiger charge is -2.23. The zero-order chi connectivity index (χ0) is 24.5. The molecule has 0 bridgehead atoms. The van der Waals surface area contributed by atoms with Gasteiger partial charge in [-0.15, -0.1) is 10.2 Å². The molecule has 2 heterocycles. The maximum atomic E-state index is 13.5. The van der Waals surface area contributed by atoms with Crippen LogP contribution in [0.25, 0.3) is 5.76 Å². The number of ketones is 1. The summed E-state index contributed by atoms with van der Waals surface area (Å²) in [6.07, 6.45) is 0. The Morgan fingerprint density at radius 2 is 1.69 bits per heavy atom. The highest BCUT2D eigenvalue weighted by Crippen LogP contribution is 2.43. The normalized spacial score (nSPS) is 17.1. The van der Waals surface area contributed by atoms with Gasteiger partial charge >= 0.3 is 5.91 Å². The lowest BCUT2D eigenvalue weighted by molar-refractivity contribution is -0.132. The van der Waals surface area contributed by atoms with Crippen molar-refractivity contribution in [2.45, 2.75) is 13.0 Å². The Kier molecular flexibility index (Phi) is 5.84. The standard InChI is InChI=1S/C26H18FN3O4S/c1-15-28-29-26(35-15)30-22(17-6-5-9-20(14-17)34-19-7-3-2-4-8-19)21(24(32)25(30)33)23(31)16-10-12-18(27)13-11-16/h2-14,22,31H,1H3/b23-21+/t22-/m0/s1. The molecule has 35 heavy (non-hydrogen) atoms. The van der Waals surface area contributed by atoms with E-state index < -0.39 is 29.3 Å². The summed E-state index contributed by atoms with van der Waals surface area (Å²) in [4.78, 5) is 27.6. The highest BCUT2D eigenvalue weighted by atomic mass is 32.1. The predicted molar refractivity (Wildman–Crippen MR) is 129 cm³/mol. The van der Waals surface area contributed by atoms with E-state index in [9.17, 15) is 19.1 Å². The van der Waals surface area contributed by atoms with Crippen LogP contribution < -0.4 is 9.64 Å². The highest BCUT2D eigenvalue weighted by molar-refractivity contribution is 7.15. The summed E-state index contributed by atoms with van der Waals surface area (Å²) >= 11 is 1.15. The number of Topliss-reactive ketones (excluding diaryl/α,β-unsaturated/α-hetero) is 1. The molecule has 5 rings (SSSR count). The molecule has 1 atom stereocenters. The fourth-order valence-corrected chi connectivity index (χ4v) is 4.58. The van der Waals surface area contributed by atoms with Crippen LogP contribution in [0.3, 0.4) is 0 Å². The molecule has 0 aliphatic carbocycles. The highest BCUT2D eigenvalue weighted by Gasteiger charge is 2.48. The summed E-state index contributed by atoms with van der Waals surface area (Å²) in [6.45, 7) is 1.74. The fourth-order valence-electron chi connectivity index (χ4n) is 3.86. The van der Waals surface area contributed by atoms with Crippen LogP contribution in [-0.4, -0.2) is 27.0 Å². The topological polar surface area (TPSA) is 92.6 Å². The van der Waals surface area contributed by atoms with E-state index >= 15 is 0 Å². The van der Waals surface area contributed by atoms with Gasteiger partial charge in [-0.05, 0) is 61.0 Å². The summed E-state index contributed by atoms with van der Waals surface area (Å²) in [5, 5.41) is 20.0. The molecule has 1 fully saturated rings. The van der Waals surface area contributed by atoms with Gasteiger partial charge in [-0.1, -0.05) is 41.7 Å². The number of halogens is 1. The van der Waals surface area contributed by atoms with E-state index in [0.717, 1.165) is 11.3 Å². The van der Waals surface area contributed by atoms with Crippen LogP contribution in [0.5, 0.6) is 11.5 Å². The Balaban J connectivity index is 1.65. The van der Waals surface area contributed by atoms with E-state index in [4.69, 9.17) is 4.74 Å². The van der Waals surface area contributed by atoms with Gasteiger partial charge in [0.15, 0.2) is 0 Å². The van der Waals surface area contributed by atoms with Gasteiger partial charge in [-0.2, -0.15) is 0 Å². The molecule has 0 spiro atoms. The third-order valence-corrected chi connectivity index (χ3v) is 6.27. The average molecular weight is 488 g/mol. The monoisotopic (exact) mass is 487 g/mol. The van der Waals surface area contributed by atoms with Crippen LogP contribution in [0.1, 0.15) is 22.2 Å². The molecule has 0 unspecified atom stereocenters. The second kappa shape index (κ2) is 9.11. The van der Waals surface area contributed by atoms with Crippen molar-refractivity contribution in [2.24, 2.45) is 0 Å². The molecule has 1 aliphatic heterocycles. The number of para-hydroxylation sites is 1. The Bertz CT molecular complexity index is 1450. The maximum absolute atomic E-state index is 13.5. The van der Waals surface area contributed by atoms with Gasteiger partial charge in [0.25, 0.3) is 5.78 Å². The number of anilines is 1. The van der Waals surface area contributed by atoms with E-state index in [1.165, 1.54) is 29.2 Å². The number of aliphatic hydroxyl groups is 1. The Hall–Kier alpha value is -4.37. The zero-order valence-corrected chi connectivity index (χ0v) is 19.2. The van der Waals surface area contributed by atoms with Crippen LogP contribution in [-0.2, 0) is 9.59 Å². The number of hydrogen-bond acceptors (Lipinski definition) is 7. The molecule has 1 N–H and O–H groups in total. The number of nitrogens with zero attached hydrogens (tertiary/aromatic N) is 3. The van der Waals surface area contributed by atoms with Gasteiger partial charge in [0.2, 0.25) is 5.13 Å². The van der Waals surface area contributed by atoms with E-state index in [-0.39, 0.29) is 16.3 Å². The number of carbonyl (C=O) groups is 2. The molecular formula is C26H18FN3O4S. The van der Waals surface area contributed by atoms with Gasteiger partial charge in [-0.3, -0.25) is 14.5 Å². The maximum Gasteiger partial charge on any atom is 0.301 e. The van der Waals surface area contributed by atoms with Crippen LogP contribution in [0, 0.1) is 12.7 Å². The third kappa shape index (κ3) is 4.29. The molecular weight excluding hydrogens is 469 g/mol. The molecule has 1 saturated heterocycles. The Morgan fingerprint density at radius 1 is 0.971 bits per heavy atom. The number of rotatable bonds is 5. The van der Waals surface area contributed by atoms with Crippen LogP contribution in [0.4, 0.5) is 9.52 Å². The first-order valence-corrected chi connectivity index (χ1v) is 11.4. The molecule has 0 saturated carbocycles. The number of benzene rings is 3. The molecule has 1 amide bonds. The molecule has 4 aromatic rings. The lowest BCUT2D eigenvalue weighted by atomic mass is 9.95. The van der Waals surface area contributed by atoms with E-state index in [2.05, 4.69) is 10.2 Å². The van der Waals surface area contributed by atoms with Gasteiger partial charge in [0, 0.05) is 5.56 Å². The Morgan fingerprint density at radius 3 is 2.37 bits per heavy atom. The number of hydrogen-bond donors (Lipinski definition) is 1. The Labute approximate surface area is 203 Å². The number of ether oxygens (including phenoxy) is 1. The molecule has 9 heteroatoms. The minimum atomic E-state index is -0.994. The smallest absolute Gasteiger partial charge is 0.301 e. The summed E-state index contributed by atoms with van der Waals surface area (Å²) in [5.41, 5.74) is 0.597. The van der Waals surface area contributed by atoms with Crippen molar-refractivity contribution in [3.05, 3.63) is 106 Å². The number of aryl methyl sites for hydroxylation is 1. The van der Waals surface area contributed by atoms with Crippen LogP contribution >= 0.6 is 11.3 Å². The number of aliphatic hydroxyl groups excluding tert-OH is 1. The van der Waals surface area contributed by atoms with Crippen molar-refractivity contribution in [1.82, 2.24) is 10.2 Å². The molecule has 0 radical (unpaired) electrons. The number of carbonyl (C=O) groups excluding carboxylic acids is 2. The first kappa shape index (κ1) is 22.4. The first-order valence-electron chi connectivity index (χ1n) is 10.6. The quantitative estimate of drug-likeness (QED) is 0.230.